The molecular formula is C14H14N2. The molecule has 1 aromatic rings. The average molecular weight is 210 g/mol. The molecule has 2 nitrogen and oxygen atoms in total. The van der Waals surface area contributed by atoms with E-state index in [2.05, 4.69) is 28.4 Å². The molecule has 0 saturated carbocycles. The lowest BCUT2D eigenvalue weighted by Gasteiger charge is -2.41. The summed E-state index contributed by atoms with van der Waals surface area (Å²) in [7, 11) is 0. The lowest BCUT2D eigenvalue weighted by molar-refractivity contribution is 0.231. The topological polar surface area (TPSA) is 24.9 Å². The number of fused-ring (bicyclic) bond motifs is 1. The zero-order valence-corrected chi connectivity index (χ0v) is 9.11. The maximum Gasteiger partial charge on any atom is 0.0432 e. The van der Waals surface area contributed by atoms with Gasteiger partial charge in [-0.25, -0.2) is 0 Å². The highest BCUT2D eigenvalue weighted by Crippen LogP contribution is 2.34. The maximum absolute atomic E-state index is 5.39. The van der Waals surface area contributed by atoms with Gasteiger partial charge in [-0.15, -0.1) is 6.42 Å². The van der Waals surface area contributed by atoms with E-state index >= 15 is 0 Å². The van der Waals surface area contributed by atoms with Crippen LogP contribution in [0.25, 0.3) is 5.57 Å². The number of rotatable bonds is 1. The van der Waals surface area contributed by atoms with Gasteiger partial charge in [-0.1, -0.05) is 12.0 Å². The number of hydrogen-bond donors (Lipinski definition) is 1. The Balaban J connectivity index is 1.89. The number of nitrogens with one attached hydrogen (secondary N) is 1. The highest BCUT2D eigenvalue weighted by molar-refractivity contribution is 5.67. The van der Waals surface area contributed by atoms with E-state index in [9.17, 15) is 0 Å². The molecule has 2 aliphatic rings. The summed E-state index contributed by atoms with van der Waals surface area (Å²) in [6.45, 7) is 1.18. The van der Waals surface area contributed by atoms with Crippen LogP contribution >= 0.6 is 0 Å². The van der Waals surface area contributed by atoms with Crippen molar-refractivity contribution in [3.05, 3.63) is 35.7 Å². The van der Waals surface area contributed by atoms with Gasteiger partial charge in [-0.05, 0) is 36.0 Å². The number of pyridine rings is 1. The molecule has 1 saturated heterocycles. The molecule has 2 heterocycles. The predicted molar refractivity (Wildman–Crippen MR) is 64.7 cm³/mol. The molecule has 16 heavy (non-hydrogen) atoms. The lowest BCUT2D eigenvalue weighted by atomic mass is 9.78. The zero-order chi connectivity index (χ0) is 11.0. The number of hydrogen-bond acceptors (Lipinski definition) is 2. The number of terminal acetylenes is 1. The van der Waals surface area contributed by atoms with E-state index < -0.39 is 0 Å². The summed E-state index contributed by atoms with van der Waals surface area (Å²) in [5.74, 6) is 3.49. The molecule has 0 unspecified atom stereocenters. The zero-order valence-electron chi connectivity index (χ0n) is 9.11. The third-order valence-electron chi connectivity index (χ3n) is 3.59. The van der Waals surface area contributed by atoms with Crippen LogP contribution in [0.1, 0.15) is 24.0 Å². The molecule has 0 radical (unpaired) electrons. The molecule has 2 atom stereocenters. The van der Waals surface area contributed by atoms with Crippen LogP contribution in [0.2, 0.25) is 0 Å². The van der Waals surface area contributed by atoms with Crippen molar-refractivity contribution >= 4 is 5.57 Å². The van der Waals surface area contributed by atoms with Crippen LogP contribution in [-0.2, 0) is 0 Å². The molecule has 3 rings (SSSR count). The van der Waals surface area contributed by atoms with Gasteiger partial charge in [0.2, 0.25) is 0 Å². The Morgan fingerprint density at radius 1 is 1.44 bits per heavy atom. The quantitative estimate of drug-likeness (QED) is 0.715. The fraction of sp³-hybridized carbons (Fsp3) is 0.357. The fourth-order valence-corrected chi connectivity index (χ4v) is 2.48. The molecule has 0 bridgehead atoms. The van der Waals surface area contributed by atoms with Gasteiger partial charge in [-0.3, -0.25) is 4.98 Å². The number of allylic oxidation sites excluding steroid dienone is 1. The summed E-state index contributed by atoms with van der Waals surface area (Å²) in [5.41, 5.74) is 3.43. The maximum atomic E-state index is 5.39. The Labute approximate surface area is 95.8 Å². The van der Waals surface area contributed by atoms with Gasteiger partial charge in [0.25, 0.3) is 0 Å². The molecule has 1 N–H and O–H groups in total. The summed E-state index contributed by atoms with van der Waals surface area (Å²) < 4.78 is 0. The first-order chi connectivity index (χ1) is 7.86. The SMILES string of the molecule is C#Cc1cncc(C2=CC[C@@H]3CN[C@@H]3C2)c1. The monoisotopic (exact) mass is 210 g/mol. The molecular weight excluding hydrogens is 196 g/mol. The molecule has 1 aliphatic carbocycles. The minimum atomic E-state index is 0.675. The van der Waals surface area contributed by atoms with Crippen LogP contribution in [0, 0.1) is 18.3 Å². The van der Waals surface area contributed by atoms with E-state index in [0.717, 1.165) is 17.9 Å². The van der Waals surface area contributed by atoms with E-state index in [1.165, 1.54) is 24.1 Å². The summed E-state index contributed by atoms with van der Waals surface area (Å²) in [6.07, 6.45) is 13.7. The molecule has 0 aromatic carbocycles. The minimum Gasteiger partial charge on any atom is -0.313 e. The van der Waals surface area contributed by atoms with Crippen molar-refractivity contribution in [2.75, 3.05) is 6.54 Å². The first-order valence-corrected chi connectivity index (χ1v) is 5.71. The van der Waals surface area contributed by atoms with Gasteiger partial charge in [0, 0.05) is 30.5 Å². The van der Waals surface area contributed by atoms with Gasteiger partial charge < -0.3 is 5.32 Å². The second-order valence-corrected chi connectivity index (χ2v) is 4.55. The predicted octanol–water partition coefficient (Wildman–Crippen LogP) is 1.83. The molecule has 1 fully saturated rings. The fourth-order valence-electron chi connectivity index (χ4n) is 2.48. The van der Waals surface area contributed by atoms with Crippen LogP contribution in [0.4, 0.5) is 0 Å². The smallest absolute Gasteiger partial charge is 0.0432 e. The first kappa shape index (κ1) is 9.62. The third-order valence-corrected chi connectivity index (χ3v) is 3.59. The van der Waals surface area contributed by atoms with Crippen molar-refractivity contribution in [2.45, 2.75) is 18.9 Å². The molecule has 2 heteroatoms. The van der Waals surface area contributed by atoms with Gasteiger partial charge >= 0.3 is 0 Å². The van der Waals surface area contributed by atoms with Crippen molar-refractivity contribution in [3.63, 3.8) is 0 Å². The standard InChI is InChI=1S/C14H14N2/c1-2-10-5-13(8-15-7-10)11-3-4-12-9-16-14(12)6-11/h1,3,5,7-8,12,14,16H,4,6,9H2/t12-,14-/m1/s1. The van der Waals surface area contributed by atoms with Gasteiger partial charge in [0.15, 0.2) is 0 Å². The van der Waals surface area contributed by atoms with Crippen molar-refractivity contribution in [3.8, 4) is 12.3 Å². The van der Waals surface area contributed by atoms with Crippen LogP contribution < -0.4 is 5.32 Å². The normalized spacial score (nSPS) is 27.3. The summed E-state index contributed by atoms with van der Waals surface area (Å²) in [5, 5.41) is 3.47. The second kappa shape index (κ2) is 3.77. The molecule has 1 aliphatic heterocycles. The van der Waals surface area contributed by atoms with E-state index in [-0.39, 0.29) is 0 Å². The second-order valence-electron chi connectivity index (χ2n) is 4.55. The van der Waals surface area contributed by atoms with Crippen molar-refractivity contribution in [1.82, 2.24) is 10.3 Å². The van der Waals surface area contributed by atoms with Crippen molar-refractivity contribution in [1.29, 1.82) is 0 Å². The Morgan fingerprint density at radius 2 is 2.38 bits per heavy atom. The van der Waals surface area contributed by atoms with Crippen LogP contribution in [0.3, 0.4) is 0 Å². The average Bonchev–Trinajstić information content (AvgIpc) is 2.31. The Bertz CT molecular complexity index is 482. The van der Waals surface area contributed by atoms with E-state index in [4.69, 9.17) is 6.42 Å². The minimum absolute atomic E-state index is 0.675. The van der Waals surface area contributed by atoms with Gasteiger partial charge in [0.1, 0.15) is 0 Å². The molecule has 0 spiro atoms. The lowest BCUT2D eigenvalue weighted by Crippen LogP contribution is -2.53. The first-order valence-electron chi connectivity index (χ1n) is 5.71. The number of aromatic nitrogens is 1. The van der Waals surface area contributed by atoms with Crippen LogP contribution in [0.5, 0.6) is 0 Å². The van der Waals surface area contributed by atoms with E-state index in [1.807, 2.05) is 6.20 Å². The molecule has 1 aromatic heterocycles. The summed E-state index contributed by atoms with van der Waals surface area (Å²) in [6, 6.07) is 2.73. The Morgan fingerprint density at radius 3 is 3.06 bits per heavy atom. The highest BCUT2D eigenvalue weighted by atomic mass is 15.0. The third kappa shape index (κ3) is 1.54. The van der Waals surface area contributed by atoms with Crippen molar-refractivity contribution in [2.24, 2.45) is 5.92 Å². The largest absolute Gasteiger partial charge is 0.313 e. The summed E-state index contributed by atoms with van der Waals surface area (Å²) >= 11 is 0. The van der Waals surface area contributed by atoms with Crippen molar-refractivity contribution < 1.29 is 0 Å². The molecule has 0 amide bonds. The van der Waals surface area contributed by atoms with E-state index in [0.29, 0.717) is 6.04 Å². The van der Waals surface area contributed by atoms with E-state index in [1.54, 1.807) is 6.20 Å². The van der Waals surface area contributed by atoms with Gasteiger partial charge in [0.05, 0.1) is 0 Å². The Hall–Kier alpha value is -1.59. The number of nitrogens with zero attached hydrogens (tertiary/aromatic N) is 1. The Kier molecular flexibility index (Phi) is 2.27. The summed E-state index contributed by atoms with van der Waals surface area (Å²) in [4.78, 5) is 4.19. The van der Waals surface area contributed by atoms with Gasteiger partial charge in [-0.2, -0.15) is 0 Å². The van der Waals surface area contributed by atoms with Crippen LogP contribution in [0.15, 0.2) is 24.5 Å². The highest BCUT2D eigenvalue weighted by Gasteiger charge is 2.32. The molecule has 80 valence electrons. The van der Waals surface area contributed by atoms with Crippen LogP contribution in [-0.4, -0.2) is 17.6 Å².